The second-order valence-corrected chi connectivity index (χ2v) is 4.42. The standard InChI is InChI=1S/C11H15ClN2/c1-14-6-4-9(5-7-14)11-3-2-10(12)8-13-11/h2-3,8-9H,4-7H2,1H3. The molecule has 0 spiro atoms. The average molecular weight is 211 g/mol. The monoisotopic (exact) mass is 210 g/mol. The molecule has 3 heteroatoms. The van der Waals surface area contributed by atoms with Gasteiger partial charge in [0, 0.05) is 17.8 Å². The van der Waals surface area contributed by atoms with Gasteiger partial charge in [-0.3, -0.25) is 4.98 Å². The zero-order valence-corrected chi connectivity index (χ0v) is 9.17. The maximum Gasteiger partial charge on any atom is 0.0589 e. The number of halogens is 1. The Bertz CT molecular complexity index is 289. The summed E-state index contributed by atoms with van der Waals surface area (Å²) < 4.78 is 0. The van der Waals surface area contributed by atoms with Gasteiger partial charge in [-0.15, -0.1) is 0 Å². The summed E-state index contributed by atoms with van der Waals surface area (Å²) in [6.45, 7) is 2.35. The van der Waals surface area contributed by atoms with Crippen LogP contribution < -0.4 is 0 Å². The van der Waals surface area contributed by atoms with Crippen molar-refractivity contribution in [3.8, 4) is 0 Å². The van der Waals surface area contributed by atoms with Crippen LogP contribution in [0.2, 0.25) is 5.02 Å². The minimum absolute atomic E-state index is 0.628. The van der Waals surface area contributed by atoms with E-state index in [-0.39, 0.29) is 0 Å². The van der Waals surface area contributed by atoms with Crippen molar-refractivity contribution in [2.24, 2.45) is 0 Å². The second kappa shape index (κ2) is 4.28. The normalized spacial score (nSPS) is 19.9. The number of aromatic nitrogens is 1. The molecule has 0 radical (unpaired) electrons. The fourth-order valence-corrected chi connectivity index (χ4v) is 2.04. The van der Waals surface area contributed by atoms with Gasteiger partial charge < -0.3 is 4.90 Å². The van der Waals surface area contributed by atoms with E-state index in [0.29, 0.717) is 5.92 Å². The summed E-state index contributed by atoms with van der Waals surface area (Å²) in [6.07, 6.45) is 4.17. The summed E-state index contributed by atoms with van der Waals surface area (Å²) in [6, 6.07) is 3.99. The highest BCUT2D eigenvalue weighted by Crippen LogP contribution is 2.26. The zero-order chi connectivity index (χ0) is 9.97. The number of nitrogens with zero attached hydrogens (tertiary/aromatic N) is 2. The number of piperidine rings is 1. The van der Waals surface area contributed by atoms with Gasteiger partial charge in [-0.2, -0.15) is 0 Å². The molecule has 1 aromatic rings. The Kier molecular flexibility index (Phi) is 3.04. The molecule has 2 heterocycles. The minimum atomic E-state index is 0.628. The van der Waals surface area contributed by atoms with Crippen molar-refractivity contribution >= 4 is 11.6 Å². The van der Waals surface area contributed by atoms with E-state index in [9.17, 15) is 0 Å². The molecule has 0 N–H and O–H groups in total. The lowest BCUT2D eigenvalue weighted by molar-refractivity contribution is 0.253. The Balaban J connectivity index is 2.05. The highest BCUT2D eigenvalue weighted by molar-refractivity contribution is 6.30. The van der Waals surface area contributed by atoms with E-state index in [1.807, 2.05) is 6.07 Å². The van der Waals surface area contributed by atoms with E-state index in [0.717, 1.165) is 5.02 Å². The summed E-state index contributed by atoms with van der Waals surface area (Å²) in [4.78, 5) is 6.74. The Labute approximate surface area is 89.9 Å². The molecule has 0 atom stereocenters. The molecule has 1 aliphatic heterocycles. The molecule has 0 aliphatic carbocycles. The molecule has 1 saturated heterocycles. The third-order valence-electron chi connectivity index (χ3n) is 2.89. The van der Waals surface area contributed by atoms with Crippen LogP contribution in [0.4, 0.5) is 0 Å². The molecular weight excluding hydrogens is 196 g/mol. The Morgan fingerprint density at radius 2 is 2.07 bits per heavy atom. The highest BCUT2D eigenvalue weighted by Gasteiger charge is 2.18. The number of likely N-dealkylation sites (tertiary alicyclic amines) is 1. The van der Waals surface area contributed by atoms with Gasteiger partial charge in [-0.1, -0.05) is 11.6 Å². The fourth-order valence-electron chi connectivity index (χ4n) is 1.93. The molecule has 14 heavy (non-hydrogen) atoms. The van der Waals surface area contributed by atoms with Gasteiger partial charge in [-0.05, 0) is 45.1 Å². The summed E-state index contributed by atoms with van der Waals surface area (Å²) >= 11 is 5.80. The molecule has 1 aliphatic rings. The van der Waals surface area contributed by atoms with Crippen LogP contribution in [0.15, 0.2) is 18.3 Å². The first kappa shape index (κ1) is 9.94. The average Bonchev–Trinajstić information content (AvgIpc) is 2.21. The third kappa shape index (κ3) is 2.25. The van der Waals surface area contributed by atoms with Gasteiger partial charge >= 0.3 is 0 Å². The van der Waals surface area contributed by atoms with Crippen molar-refractivity contribution < 1.29 is 0 Å². The summed E-state index contributed by atoms with van der Waals surface area (Å²) in [7, 11) is 2.17. The van der Waals surface area contributed by atoms with Gasteiger partial charge in [0.05, 0.1) is 5.02 Å². The lowest BCUT2D eigenvalue weighted by atomic mass is 9.93. The van der Waals surface area contributed by atoms with Crippen LogP contribution >= 0.6 is 11.6 Å². The van der Waals surface area contributed by atoms with Crippen LogP contribution in [0, 0.1) is 0 Å². The van der Waals surface area contributed by atoms with Crippen molar-refractivity contribution in [2.45, 2.75) is 18.8 Å². The molecule has 2 nitrogen and oxygen atoms in total. The van der Waals surface area contributed by atoms with Crippen LogP contribution in [0.1, 0.15) is 24.5 Å². The van der Waals surface area contributed by atoms with Gasteiger partial charge in [0.15, 0.2) is 0 Å². The number of rotatable bonds is 1. The molecule has 0 amide bonds. The SMILES string of the molecule is CN1CCC(c2ccc(Cl)cn2)CC1. The molecule has 1 aromatic heterocycles. The van der Waals surface area contributed by atoms with Crippen molar-refractivity contribution in [3.05, 3.63) is 29.0 Å². The Morgan fingerprint density at radius 1 is 1.36 bits per heavy atom. The van der Waals surface area contributed by atoms with Crippen LogP contribution in [-0.2, 0) is 0 Å². The van der Waals surface area contributed by atoms with Crippen molar-refractivity contribution in [3.63, 3.8) is 0 Å². The van der Waals surface area contributed by atoms with E-state index in [4.69, 9.17) is 11.6 Å². The molecule has 0 saturated carbocycles. The first-order valence-corrected chi connectivity index (χ1v) is 5.43. The van der Waals surface area contributed by atoms with Gasteiger partial charge in [0.2, 0.25) is 0 Å². The quantitative estimate of drug-likeness (QED) is 0.708. The largest absolute Gasteiger partial charge is 0.306 e. The molecule has 76 valence electrons. The molecular formula is C11H15ClN2. The lowest BCUT2D eigenvalue weighted by Gasteiger charge is -2.28. The zero-order valence-electron chi connectivity index (χ0n) is 8.41. The van der Waals surface area contributed by atoms with Gasteiger partial charge in [0.1, 0.15) is 0 Å². The summed E-state index contributed by atoms with van der Waals surface area (Å²) in [5, 5.41) is 0.724. The minimum Gasteiger partial charge on any atom is -0.306 e. The van der Waals surface area contributed by atoms with E-state index in [1.165, 1.54) is 31.6 Å². The van der Waals surface area contributed by atoms with E-state index < -0.39 is 0 Å². The smallest absolute Gasteiger partial charge is 0.0589 e. The maximum atomic E-state index is 5.80. The molecule has 0 unspecified atom stereocenters. The van der Waals surface area contributed by atoms with Gasteiger partial charge in [0.25, 0.3) is 0 Å². The molecule has 1 fully saturated rings. The molecule has 0 bridgehead atoms. The first-order valence-electron chi connectivity index (χ1n) is 5.05. The lowest BCUT2D eigenvalue weighted by Crippen LogP contribution is -2.29. The number of hydrogen-bond donors (Lipinski definition) is 0. The van der Waals surface area contributed by atoms with Crippen molar-refractivity contribution in [1.82, 2.24) is 9.88 Å². The van der Waals surface area contributed by atoms with Crippen LogP contribution in [0.5, 0.6) is 0 Å². The van der Waals surface area contributed by atoms with Gasteiger partial charge in [-0.25, -0.2) is 0 Å². The Hall–Kier alpha value is -0.600. The third-order valence-corrected chi connectivity index (χ3v) is 3.11. The summed E-state index contributed by atoms with van der Waals surface area (Å²) in [5.74, 6) is 0.628. The summed E-state index contributed by atoms with van der Waals surface area (Å²) in [5.41, 5.74) is 1.20. The topological polar surface area (TPSA) is 16.1 Å². The fraction of sp³-hybridized carbons (Fsp3) is 0.545. The van der Waals surface area contributed by atoms with Crippen molar-refractivity contribution in [2.75, 3.05) is 20.1 Å². The van der Waals surface area contributed by atoms with Crippen molar-refractivity contribution in [1.29, 1.82) is 0 Å². The van der Waals surface area contributed by atoms with E-state index in [2.05, 4.69) is 23.0 Å². The van der Waals surface area contributed by atoms with Crippen LogP contribution in [-0.4, -0.2) is 30.0 Å². The van der Waals surface area contributed by atoms with Crippen LogP contribution in [0.3, 0.4) is 0 Å². The predicted octanol–water partition coefficient (Wildman–Crippen LogP) is 2.54. The maximum absolute atomic E-state index is 5.80. The molecule has 0 aromatic carbocycles. The highest BCUT2D eigenvalue weighted by atomic mass is 35.5. The van der Waals surface area contributed by atoms with E-state index >= 15 is 0 Å². The predicted molar refractivity (Wildman–Crippen MR) is 58.7 cm³/mol. The molecule has 2 rings (SSSR count). The number of hydrogen-bond acceptors (Lipinski definition) is 2. The van der Waals surface area contributed by atoms with E-state index in [1.54, 1.807) is 6.20 Å². The first-order chi connectivity index (χ1) is 6.75. The Morgan fingerprint density at radius 3 is 2.64 bits per heavy atom. The van der Waals surface area contributed by atoms with Crippen LogP contribution in [0.25, 0.3) is 0 Å². The number of pyridine rings is 1. The second-order valence-electron chi connectivity index (χ2n) is 3.98.